The predicted molar refractivity (Wildman–Crippen MR) is 80.6 cm³/mol. The van der Waals surface area contributed by atoms with Crippen LogP contribution >= 0.6 is 31.9 Å². The fourth-order valence-electron chi connectivity index (χ4n) is 1.51. The van der Waals surface area contributed by atoms with Gasteiger partial charge in [0, 0.05) is 14.6 Å². The summed E-state index contributed by atoms with van der Waals surface area (Å²) in [6.45, 7) is 0. The SMILES string of the molecule is Nc1ccc(Br)cc1C(=O)Nc1cc(F)ccc1Br. The Labute approximate surface area is 126 Å². The molecule has 0 heterocycles. The standard InChI is InChI=1S/C13H9Br2FN2O/c14-7-1-4-11(17)9(5-7)13(19)18-12-6-8(16)2-3-10(12)15/h1-6H,17H2,(H,18,19). The quantitative estimate of drug-likeness (QED) is 0.759. The summed E-state index contributed by atoms with van der Waals surface area (Å²) in [4.78, 5) is 12.1. The van der Waals surface area contributed by atoms with E-state index >= 15 is 0 Å². The van der Waals surface area contributed by atoms with Crippen molar-refractivity contribution < 1.29 is 9.18 Å². The van der Waals surface area contributed by atoms with Gasteiger partial charge in [-0.1, -0.05) is 15.9 Å². The number of amides is 1. The van der Waals surface area contributed by atoms with Gasteiger partial charge in [-0.15, -0.1) is 0 Å². The number of nitrogens with two attached hydrogens (primary N) is 1. The molecule has 0 aliphatic carbocycles. The molecule has 0 aliphatic heterocycles. The largest absolute Gasteiger partial charge is 0.398 e. The van der Waals surface area contributed by atoms with E-state index in [1.54, 1.807) is 18.2 Å². The summed E-state index contributed by atoms with van der Waals surface area (Å²) in [6, 6.07) is 9.03. The molecule has 0 radical (unpaired) electrons. The lowest BCUT2D eigenvalue weighted by Gasteiger charge is -2.09. The maximum atomic E-state index is 13.1. The molecular weight excluding hydrogens is 379 g/mol. The first-order valence-electron chi connectivity index (χ1n) is 5.29. The van der Waals surface area contributed by atoms with Crippen molar-refractivity contribution in [3.05, 3.63) is 56.7 Å². The summed E-state index contributed by atoms with van der Waals surface area (Å²) >= 11 is 6.51. The van der Waals surface area contributed by atoms with Gasteiger partial charge >= 0.3 is 0 Å². The molecule has 0 saturated carbocycles. The van der Waals surface area contributed by atoms with E-state index in [0.717, 1.165) is 4.47 Å². The minimum Gasteiger partial charge on any atom is -0.398 e. The molecule has 98 valence electrons. The molecule has 2 rings (SSSR count). The average Bonchev–Trinajstić information content (AvgIpc) is 2.36. The third kappa shape index (κ3) is 3.33. The van der Waals surface area contributed by atoms with Crippen LogP contribution in [-0.4, -0.2) is 5.91 Å². The number of carbonyl (C=O) groups is 1. The Bertz CT molecular complexity index is 647. The van der Waals surface area contributed by atoms with Gasteiger partial charge in [-0.25, -0.2) is 4.39 Å². The fraction of sp³-hybridized carbons (Fsp3) is 0. The van der Waals surface area contributed by atoms with Crippen LogP contribution in [0.3, 0.4) is 0 Å². The Morgan fingerprint density at radius 3 is 2.63 bits per heavy atom. The van der Waals surface area contributed by atoms with Gasteiger partial charge < -0.3 is 11.1 Å². The zero-order valence-corrected chi connectivity index (χ0v) is 12.8. The lowest BCUT2D eigenvalue weighted by molar-refractivity contribution is 0.102. The van der Waals surface area contributed by atoms with Crippen LogP contribution in [0, 0.1) is 5.82 Å². The van der Waals surface area contributed by atoms with E-state index in [9.17, 15) is 9.18 Å². The molecule has 1 amide bonds. The monoisotopic (exact) mass is 386 g/mol. The highest BCUT2D eigenvalue weighted by molar-refractivity contribution is 9.10. The van der Waals surface area contributed by atoms with Crippen molar-refractivity contribution in [2.75, 3.05) is 11.1 Å². The van der Waals surface area contributed by atoms with Crippen molar-refractivity contribution in [2.24, 2.45) is 0 Å². The maximum Gasteiger partial charge on any atom is 0.257 e. The highest BCUT2D eigenvalue weighted by Gasteiger charge is 2.12. The van der Waals surface area contributed by atoms with Crippen molar-refractivity contribution in [3.63, 3.8) is 0 Å². The Kier molecular flexibility index (Phi) is 4.21. The Morgan fingerprint density at radius 1 is 1.16 bits per heavy atom. The highest BCUT2D eigenvalue weighted by atomic mass is 79.9. The van der Waals surface area contributed by atoms with Crippen LogP contribution in [0.2, 0.25) is 0 Å². The van der Waals surface area contributed by atoms with Gasteiger partial charge in [0.25, 0.3) is 5.91 Å². The van der Waals surface area contributed by atoms with Crippen molar-refractivity contribution in [1.82, 2.24) is 0 Å². The number of benzene rings is 2. The summed E-state index contributed by atoms with van der Waals surface area (Å²) in [5.74, 6) is -0.828. The maximum absolute atomic E-state index is 13.1. The summed E-state index contributed by atoms with van der Waals surface area (Å²) in [5, 5.41) is 2.61. The second kappa shape index (κ2) is 5.71. The Balaban J connectivity index is 2.30. The van der Waals surface area contributed by atoms with Crippen molar-refractivity contribution >= 4 is 49.1 Å². The van der Waals surface area contributed by atoms with E-state index in [4.69, 9.17) is 5.73 Å². The van der Waals surface area contributed by atoms with Crippen LogP contribution in [0.4, 0.5) is 15.8 Å². The number of hydrogen-bond acceptors (Lipinski definition) is 2. The zero-order valence-electron chi connectivity index (χ0n) is 9.58. The third-order valence-corrected chi connectivity index (χ3v) is 3.62. The summed E-state index contributed by atoms with van der Waals surface area (Å²) in [6.07, 6.45) is 0. The number of halogens is 3. The molecule has 2 aromatic carbocycles. The van der Waals surface area contributed by atoms with E-state index in [1.165, 1.54) is 18.2 Å². The second-order valence-corrected chi connectivity index (χ2v) is 5.58. The normalized spacial score (nSPS) is 10.3. The van der Waals surface area contributed by atoms with Gasteiger partial charge in [0.2, 0.25) is 0 Å². The average molecular weight is 388 g/mol. The predicted octanol–water partition coefficient (Wildman–Crippen LogP) is 4.19. The molecule has 0 unspecified atom stereocenters. The van der Waals surface area contributed by atoms with Crippen LogP contribution in [0.5, 0.6) is 0 Å². The molecule has 0 fully saturated rings. The summed E-state index contributed by atoms with van der Waals surface area (Å²) < 4.78 is 14.5. The van der Waals surface area contributed by atoms with Gasteiger partial charge in [-0.2, -0.15) is 0 Å². The van der Waals surface area contributed by atoms with E-state index in [2.05, 4.69) is 37.2 Å². The smallest absolute Gasteiger partial charge is 0.257 e. The van der Waals surface area contributed by atoms with Crippen molar-refractivity contribution in [2.45, 2.75) is 0 Å². The Morgan fingerprint density at radius 2 is 1.89 bits per heavy atom. The van der Waals surface area contributed by atoms with Crippen LogP contribution in [0.1, 0.15) is 10.4 Å². The van der Waals surface area contributed by atoms with E-state index < -0.39 is 11.7 Å². The van der Waals surface area contributed by atoms with Crippen LogP contribution in [-0.2, 0) is 0 Å². The van der Waals surface area contributed by atoms with Gasteiger partial charge in [-0.3, -0.25) is 4.79 Å². The molecular formula is C13H9Br2FN2O. The molecule has 3 nitrogen and oxygen atoms in total. The van der Waals surface area contributed by atoms with Crippen molar-refractivity contribution in [1.29, 1.82) is 0 Å². The lowest BCUT2D eigenvalue weighted by Crippen LogP contribution is -2.14. The minimum atomic E-state index is -0.430. The molecule has 6 heteroatoms. The zero-order chi connectivity index (χ0) is 14.0. The third-order valence-electron chi connectivity index (χ3n) is 2.44. The first-order valence-corrected chi connectivity index (χ1v) is 6.87. The number of carbonyl (C=O) groups excluding carboxylic acids is 1. The van der Waals surface area contributed by atoms with Crippen LogP contribution < -0.4 is 11.1 Å². The molecule has 19 heavy (non-hydrogen) atoms. The van der Waals surface area contributed by atoms with Gasteiger partial charge in [-0.05, 0) is 52.3 Å². The molecule has 3 N–H and O–H groups in total. The van der Waals surface area contributed by atoms with E-state index in [0.29, 0.717) is 21.4 Å². The number of anilines is 2. The summed E-state index contributed by atoms with van der Waals surface area (Å²) in [7, 11) is 0. The van der Waals surface area contributed by atoms with E-state index in [1.807, 2.05) is 0 Å². The second-order valence-electron chi connectivity index (χ2n) is 3.81. The number of nitrogens with one attached hydrogen (secondary N) is 1. The van der Waals surface area contributed by atoms with Crippen LogP contribution in [0.25, 0.3) is 0 Å². The lowest BCUT2D eigenvalue weighted by atomic mass is 10.1. The fourth-order valence-corrected chi connectivity index (χ4v) is 2.21. The first-order chi connectivity index (χ1) is 8.97. The summed E-state index contributed by atoms with van der Waals surface area (Å²) in [5.41, 5.74) is 6.78. The number of rotatable bonds is 2. The molecule has 0 aliphatic rings. The molecule has 0 spiro atoms. The van der Waals surface area contributed by atoms with Crippen molar-refractivity contribution in [3.8, 4) is 0 Å². The number of nitrogen functional groups attached to an aromatic ring is 1. The topological polar surface area (TPSA) is 55.1 Å². The Hall–Kier alpha value is -1.40. The number of hydrogen-bond donors (Lipinski definition) is 2. The van der Waals surface area contributed by atoms with Gasteiger partial charge in [0.1, 0.15) is 5.82 Å². The molecule has 0 aromatic heterocycles. The first kappa shape index (κ1) is 14.0. The van der Waals surface area contributed by atoms with Gasteiger partial charge in [0.05, 0.1) is 11.3 Å². The molecule has 0 atom stereocenters. The van der Waals surface area contributed by atoms with Gasteiger partial charge in [0.15, 0.2) is 0 Å². The molecule has 2 aromatic rings. The highest BCUT2D eigenvalue weighted by Crippen LogP contribution is 2.25. The van der Waals surface area contributed by atoms with Crippen LogP contribution in [0.15, 0.2) is 45.3 Å². The van der Waals surface area contributed by atoms with E-state index in [-0.39, 0.29) is 0 Å². The minimum absolute atomic E-state index is 0.325. The molecule has 0 bridgehead atoms. The molecule has 0 saturated heterocycles.